The number of aromatic nitrogens is 1. The van der Waals surface area contributed by atoms with Gasteiger partial charge in [0.2, 0.25) is 0 Å². The predicted molar refractivity (Wildman–Crippen MR) is 115 cm³/mol. The molecule has 174 valence electrons. The van der Waals surface area contributed by atoms with Gasteiger partial charge in [0.25, 0.3) is 0 Å². The summed E-state index contributed by atoms with van der Waals surface area (Å²) in [6.07, 6.45) is 3.39. The summed E-state index contributed by atoms with van der Waals surface area (Å²) in [6.45, 7) is 3.63. The van der Waals surface area contributed by atoms with Crippen LogP contribution in [0.2, 0.25) is 0 Å². The van der Waals surface area contributed by atoms with Crippen molar-refractivity contribution >= 4 is 0 Å². The minimum atomic E-state index is -4.19. The minimum absolute atomic E-state index is 0.0224. The Balaban J connectivity index is 0.000000416. The summed E-state index contributed by atoms with van der Waals surface area (Å²) in [6, 6.07) is 27.4. The number of hydrogen-bond acceptors (Lipinski definition) is 6. The number of halogens is 1. The molecule has 8 heteroatoms. The third-order valence-corrected chi connectivity index (χ3v) is 7.05. The molecule has 1 saturated heterocycles. The predicted octanol–water partition coefficient (Wildman–Crippen LogP) is 0.780. The van der Waals surface area contributed by atoms with Gasteiger partial charge >= 0.3 is 28.9 Å². The van der Waals surface area contributed by atoms with Crippen molar-refractivity contribution < 1.29 is 38.2 Å². The Bertz CT molecular complexity index is 1060. The van der Waals surface area contributed by atoms with Crippen molar-refractivity contribution in [2.45, 2.75) is 23.9 Å². The van der Waals surface area contributed by atoms with Crippen molar-refractivity contribution in [2.24, 2.45) is 0 Å². The van der Waals surface area contributed by atoms with Crippen LogP contribution in [0.1, 0.15) is 40.8 Å². The van der Waals surface area contributed by atoms with Crippen LogP contribution in [0.15, 0.2) is 79.0 Å². The maximum atomic E-state index is 8.83. The molecule has 0 saturated carbocycles. The zero-order valence-electron chi connectivity index (χ0n) is 18.1. The number of ether oxygens (including phenoxy) is 1. The average Bonchev–Trinajstić information content (AvgIpc) is 2.84. The van der Waals surface area contributed by atoms with Gasteiger partial charge in [-0.1, -0.05) is 60.7 Å². The number of benzene rings is 2. The molecule has 0 radical (unpaired) electrons. The second kappa shape index (κ2) is 8.77. The Labute approximate surface area is 194 Å². The monoisotopic (exact) mass is 471 g/mol. The Morgan fingerprint density at radius 3 is 2.18 bits per heavy atom. The van der Waals surface area contributed by atoms with Gasteiger partial charge in [-0.3, -0.25) is 4.90 Å². The van der Waals surface area contributed by atoms with E-state index in [1.807, 2.05) is 0 Å². The van der Waals surface area contributed by atoms with Gasteiger partial charge in [0, 0.05) is 37.2 Å². The van der Waals surface area contributed by atoms with E-state index in [1.165, 1.54) is 22.4 Å². The van der Waals surface area contributed by atoms with Crippen LogP contribution in [0.5, 0.6) is 0 Å². The number of nitrogens with zero attached hydrogens (tertiary/aromatic N) is 2. The zero-order valence-corrected chi connectivity index (χ0v) is 18.9. The first-order valence-electron chi connectivity index (χ1n) is 11.0. The molecule has 1 aromatic heterocycles. The van der Waals surface area contributed by atoms with Gasteiger partial charge in [-0.05, 0) is 11.1 Å². The first-order valence-corrected chi connectivity index (χ1v) is 12.4. The molecule has 3 N–H and O–H groups in total. The standard InChI is InChI=1S/C25H25N2O.ClH3O4/c1-2-8-19(9-3-1)25(26-14-16-28-17-15-26)18-23-20-10-4-5-11-21(20)24(25)22-12-6-7-13-27(22)23;2-1(3,4)5/h1-13,23-24H,14-18H2;2-4H/q+1;. The third-order valence-electron chi connectivity index (χ3n) is 7.05. The van der Waals surface area contributed by atoms with Crippen molar-refractivity contribution in [3.05, 3.63) is 101 Å². The van der Waals surface area contributed by atoms with E-state index < -0.39 is 10.2 Å². The Kier molecular flexibility index (Phi) is 5.96. The molecule has 3 aliphatic heterocycles. The SMILES string of the molecule is [O-][Cl+](O)(O)O.c1ccc(C2(N3CCOCC3)CC3c4ccccc4C2c2cccc[n+]23)cc1. The second-order valence-electron chi connectivity index (χ2n) is 8.64. The summed E-state index contributed by atoms with van der Waals surface area (Å²) in [7, 11) is -4.19. The van der Waals surface area contributed by atoms with Gasteiger partial charge in [0.1, 0.15) is 0 Å². The summed E-state index contributed by atoms with van der Waals surface area (Å²) >= 11 is 0. The van der Waals surface area contributed by atoms with Gasteiger partial charge in [-0.2, -0.15) is 4.57 Å². The van der Waals surface area contributed by atoms with E-state index in [1.54, 1.807) is 0 Å². The normalized spacial score (nSPS) is 26.5. The molecular weight excluding hydrogens is 444 g/mol. The number of morpholine rings is 1. The number of hydrogen-bond donors (Lipinski definition) is 3. The first-order chi connectivity index (χ1) is 15.9. The zero-order chi connectivity index (χ0) is 23.1. The summed E-state index contributed by atoms with van der Waals surface area (Å²) < 4.78 is 38.5. The quantitative estimate of drug-likeness (QED) is 0.478. The van der Waals surface area contributed by atoms with Crippen LogP contribution in [0.4, 0.5) is 0 Å². The molecule has 7 nitrogen and oxygen atoms in total. The maximum Gasteiger partial charge on any atom is 0.191 e. The van der Waals surface area contributed by atoms with E-state index >= 15 is 0 Å². The Morgan fingerprint density at radius 2 is 1.48 bits per heavy atom. The number of rotatable bonds is 2. The summed E-state index contributed by atoms with van der Waals surface area (Å²) in [5, 5.41) is 0. The molecule has 3 unspecified atom stereocenters. The molecule has 3 atom stereocenters. The first kappa shape index (κ1) is 22.4. The molecule has 2 bridgehead atoms. The van der Waals surface area contributed by atoms with Crippen LogP contribution in [0, 0.1) is 10.2 Å². The topological polar surface area (TPSA) is 100 Å². The molecule has 3 aromatic rings. The van der Waals surface area contributed by atoms with E-state index in [9.17, 15) is 0 Å². The van der Waals surface area contributed by atoms with Crippen molar-refractivity contribution in [1.29, 1.82) is 0 Å². The summed E-state index contributed by atoms with van der Waals surface area (Å²) in [4.78, 5) is 2.72. The summed E-state index contributed by atoms with van der Waals surface area (Å²) in [5.41, 5.74) is 5.85. The van der Waals surface area contributed by atoms with Crippen LogP contribution in [0.3, 0.4) is 0 Å². The summed E-state index contributed by atoms with van der Waals surface area (Å²) in [5.74, 6) is 0.329. The van der Waals surface area contributed by atoms with Gasteiger partial charge in [0.05, 0.1) is 24.7 Å². The van der Waals surface area contributed by atoms with Crippen LogP contribution >= 0.6 is 0 Å². The minimum Gasteiger partial charge on any atom is -0.379 e. The van der Waals surface area contributed by atoms with Crippen molar-refractivity contribution in [3.8, 4) is 0 Å². The Hall–Kier alpha value is -2.36. The van der Waals surface area contributed by atoms with Crippen molar-refractivity contribution in [2.75, 3.05) is 26.3 Å². The molecule has 1 aliphatic carbocycles. The molecule has 1 fully saturated rings. The molecule has 0 spiro atoms. The molecular formula is C25H28ClN2O5+. The van der Waals surface area contributed by atoms with Crippen LogP contribution in [-0.2, 0) is 10.3 Å². The van der Waals surface area contributed by atoms with Gasteiger partial charge < -0.3 is 4.74 Å². The van der Waals surface area contributed by atoms with Gasteiger partial charge in [-0.25, -0.2) is 0 Å². The van der Waals surface area contributed by atoms with Crippen molar-refractivity contribution in [1.82, 2.24) is 4.90 Å². The number of pyridine rings is 1. The second-order valence-corrected chi connectivity index (χ2v) is 9.51. The van der Waals surface area contributed by atoms with Crippen LogP contribution in [-0.4, -0.2) is 45.2 Å². The molecule has 7 rings (SSSR count). The maximum absolute atomic E-state index is 8.83. The molecule has 4 heterocycles. The smallest absolute Gasteiger partial charge is 0.191 e. The van der Waals surface area contributed by atoms with Crippen molar-refractivity contribution in [3.63, 3.8) is 0 Å². The fraction of sp³-hybridized carbons (Fsp3) is 0.320. The van der Waals surface area contributed by atoms with Crippen LogP contribution in [0.25, 0.3) is 0 Å². The third kappa shape index (κ3) is 4.06. The van der Waals surface area contributed by atoms with E-state index in [0.717, 1.165) is 32.7 Å². The van der Waals surface area contributed by atoms with E-state index in [0.29, 0.717) is 12.0 Å². The van der Waals surface area contributed by atoms with Crippen LogP contribution < -0.4 is 9.23 Å². The number of fused-ring (bicyclic) bond motifs is 1. The Morgan fingerprint density at radius 1 is 0.879 bits per heavy atom. The largest absolute Gasteiger partial charge is 0.379 e. The molecule has 4 aliphatic rings. The molecule has 2 aromatic carbocycles. The van der Waals surface area contributed by atoms with Gasteiger partial charge in [-0.15, -0.1) is 0 Å². The molecule has 33 heavy (non-hydrogen) atoms. The fourth-order valence-corrected chi connectivity index (χ4v) is 5.97. The average molecular weight is 472 g/mol. The fourth-order valence-electron chi connectivity index (χ4n) is 5.97. The van der Waals surface area contributed by atoms with E-state index in [4.69, 9.17) is 23.4 Å². The van der Waals surface area contributed by atoms with E-state index in [2.05, 4.69) is 88.5 Å². The molecule has 0 amide bonds. The van der Waals surface area contributed by atoms with Gasteiger partial charge in [0.15, 0.2) is 17.9 Å². The van der Waals surface area contributed by atoms with E-state index in [-0.39, 0.29) is 5.54 Å².